The van der Waals surface area contributed by atoms with E-state index >= 15 is 0 Å². The van der Waals surface area contributed by atoms with Crippen LogP contribution in [0.15, 0.2) is 51.2 Å². The van der Waals surface area contributed by atoms with Crippen LogP contribution in [-0.4, -0.2) is 20.4 Å². The molecule has 0 radical (unpaired) electrons. The van der Waals surface area contributed by atoms with Crippen molar-refractivity contribution in [3.8, 4) is 34.3 Å². The minimum Gasteiger partial charge on any atom is -0.508 e. The minimum atomic E-state index is -0.510. The second kappa shape index (κ2) is 6.48. The number of allylic oxidation sites excluding steroid dienone is 2. The van der Waals surface area contributed by atoms with E-state index in [9.17, 15) is 25.2 Å². The molecule has 4 N–H and O–H groups in total. The van der Waals surface area contributed by atoms with Crippen LogP contribution in [0, 0.1) is 0 Å². The number of hydrogen-bond donors (Lipinski definition) is 4. The largest absolute Gasteiger partial charge is 0.508 e. The fourth-order valence-electron chi connectivity index (χ4n) is 2.70. The molecule has 1 aromatic heterocycles. The van der Waals surface area contributed by atoms with Crippen LogP contribution in [0.5, 0.6) is 23.0 Å². The second-order valence-corrected chi connectivity index (χ2v) is 6.26. The fraction of sp³-hybridized carbons (Fsp3) is 0.150. The van der Waals surface area contributed by atoms with E-state index in [0.717, 1.165) is 17.7 Å². The molecule has 0 aliphatic rings. The fourth-order valence-corrected chi connectivity index (χ4v) is 2.70. The van der Waals surface area contributed by atoms with Gasteiger partial charge in [0.2, 0.25) is 0 Å². The van der Waals surface area contributed by atoms with Crippen molar-refractivity contribution in [1.82, 2.24) is 0 Å². The summed E-state index contributed by atoms with van der Waals surface area (Å²) < 4.78 is 5.61. The van der Waals surface area contributed by atoms with Gasteiger partial charge in [-0.15, -0.1) is 0 Å². The van der Waals surface area contributed by atoms with E-state index in [1.54, 1.807) is 0 Å². The van der Waals surface area contributed by atoms with Crippen molar-refractivity contribution in [2.24, 2.45) is 0 Å². The Morgan fingerprint density at radius 1 is 1.04 bits per heavy atom. The number of aromatic hydroxyl groups is 4. The lowest BCUT2D eigenvalue weighted by Crippen LogP contribution is -2.02. The van der Waals surface area contributed by atoms with Crippen molar-refractivity contribution in [3.05, 3.63) is 57.8 Å². The highest BCUT2D eigenvalue weighted by Crippen LogP contribution is 2.38. The van der Waals surface area contributed by atoms with Crippen LogP contribution in [0.4, 0.5) is 0 Å². The lowest BCUT2D eigenvalue weighted by Gasteiger charge is -2.10. The van der Waals surface area contributed by atoms with E-state index in [2.05, 4.69) is 0 Å². The van der Waals surface area contributed by atoms with Crippen LogP contribution in [-0.2, 0) is 6.42 Å². The number of benzene rings is 2. The highest BCUT2D eigenvalue weighted by atomic mass is 16.3. The summed E-state index contributed by atoms with van der Waals surface area (Å²) in [6, 6.07) is 6.28. The molecule has 0 saturated carbocycles. The highest BCUT2D eigenvalue weighted by molar-refractivity contribution is 5.88. The molecule has 2 aromatic carbocycles. The molecule has 3 aromatic rings. The molecule has 6 heteroatoms. The summed E-state index contributed by atoms with van der Waals surface area (Å²) in [7, 11) is 0. The smallest absolute Gasteiger partial charge is 0.197 e. The first-order valence-electron chi connectivity index (χ1n) is 7.95. The molecule has 1 heterocycles. The lowest BCUT2D eigenvalue weighted by atomic mass is 10.0. The van der Waals surface area contributed by atoms with Crippen molar-refractivity contribution in [1.29, 1.82) is 0 Å². The van der Waals surface area contributed by atoms with Gasteiger partial charge < -0.3 is 24.8 Å². The maximum absolute atomic E-state index is 12.5. The van der Waals surface area contributed by atoms with Gasteiger partial charge in [-0.05, 0) is 32.4 Å². The van der Waals surface area contributed by atoms with Gasteiger partial charge in [-0.2, -0.15) is 0 Å². The van der Waals surface area contributed by atoms with Crippen LogP contribution < -0.4 is 5.43 Å². The van der Waals surface area contributed by atoms with Crippen molar-refractivity contribution in [2.75, 3.05) is 0 Å². The van der Waals surface area contributed by atoms with Gasteiger partial charge in [-0.3, -0.25) is 4.79 Å². The second-order valence-electron chi connectivity index (χ2n) is 6.26. The molecule has 0 fully saturated rings. The third-order valence-electron chi connectivity index (χ3n) is 4.04. The van der Waals surface area contributed by atoms with E-state index < -0.39 is 5.43 Å². The van der Waals surface area contributed by atoms with Crippen LogP contribution in [0.2, 0.25) is 0 Å². The summed E-state index contributed by atoms with van der Waals surface area (Å²) in [6.07, 6.45) is 2.10. The van der Waals surface area contributed by atoms with Crippen LogP contribution >= 0.6 is 0 Å². The van der Waals surface area contributed by atoms with Gasteiger partial charge >= 0.3 is 0 Å². The molecular formula is C20H18O6. The summed E-state index contributed by atoms with van der Waals surface area (Å²) in [5.74, 6) is -0.860. The number of phenolic OH excluding ortho intramolecular Hbond substituents is 4. The maximum atomic E-state index is 12.5. The normalized spacial score (nSPS) is 10.8. The molecule has 0 aliphatic heterocycles. The number of rotatable bonds is 3. The zero-order valence-corrected chi connectivity index (χ0v) is 14.3. The maximum Gasteiger partial charge on any atom is 0.197 e. The molecule has 0 saturated heterocycles. The molecular weight excluding hydrogens is 336 g/mol. The molecule has 0 amide bonds. The van der Waals surface area contributed by atoms with Gasteiger partial charge in [0.25, 0.3) is 0 Å². The Bertz CT molecular complexity index is 1090. The molecule has 26 heavy (non-hydrogen) atoms. The van der Waals surface area contributed by atoms with E-state index in [-0.39, 0.29) is 57.3 Å². The molecule has 6 nitrogen and oxygen atoms in total. The van der Waals surface area contributed by atoms with Gasteiger partial charge in [-0.1, -0.05) is 11.6 Å². The average Bonchev–Trinajstić information content (AvgIpc) is 2.53. The predicted octanol–water partition coefficient (Wildman–Crippen LogP) is 3.79. The molecule has 0 aliphatic carbocycles. The Labute approximate surface area is 148 Å². The molecule has 0 spiro atoms. The number of hydrogen-bond acceptors (Lipinski definition) is 6. The molecule has 0 unspecified atom stereocenters. The standard InChI is InChI=1S/C20H18O6/c1-10(2)3-5-13-15(23)8-18-19(20(13)25)16(24)9-17(26-18)12-6-4-11(21)7-14(12)22/h3-4,6-9,21-23,25H,5H2,1-2H3. The lowest BCUT2D eigenvalue weighted by molar-refractivity contribution is 0.442. The van der Waals surface area contributed by atoms with E-state index in [1.165, 1.54) is 18.2 Å². The van der Waals surface area contributed by atoms with E-state index in [4.69, 9.17) is 4.42 Å². The zero-order chi connectivity index (χ0) is 19.0. The summed E-state index contributed by atoms with van der Waals surface area (Å²) >= 11 is 0. The molecule has 3 rings (SSSR count). The van der Waals surface area contributed by atoms with Crippen molar-refractivity contribution < 1.29 is 24.8 Å². The number of fused-ring (bicyclic) bond motifs is 1. The van der Waals surface area contributed by atoms with E-state index in [0.29, 0.717) is 0 Å². The Morgan fingerprint density at radius 2 is 1.77 bits per heavy atom. The predicted molar refractivity (Wildman–Crippen MR) is 97.7 cm³/mol. The van der Waals surface area contributed by atoms with Gasteiger partial charge in [0.15, 0.2) is 5.43 Å². The molecule has 0 atom stereocenters. The average molecular weight is 354 g/mol. The monoisotopic (exact) mass is 354 g/mol. The molecule has 0 bridgehead atoms. The Hall–Kier alpha value is -3.41. The first-order chi connectivity index (χ1) is 12.3. The van der Waals surface area contributed by atoms with Crippen molar-refractivity contribution >= 4 is 11.0 Å². The third kappa shape index (κ3) is 3.09. The van der Waals surface area contributed by atoms with Gasteiger partial charge in [0.1, 0.15) is 39.7 Å². The SMILES string of the molecule is CC(C)=CCc1c(O)cc2oc(-c3ccc(O)cc3O)cc(=O)c2c1O. The third-order valence-corrected chi connectivity index (χ3v) is 4.04. The topological polar surface area (TPSA) is 111 Å². The van der Waals surface area contributed by atoms with Crippen LogP contribution in [0.3, 0.4) is 0 Å². The Balaban J connectivity index is 2.23. The first kappa shape index (κ1) is 17.4. The first-order valence-corrected chi connectivity index (χ1v) is 7.95. The summed E-state index contributed by atoms with van der Waals surface area (Å²) in [5.41, 5.74) is 0.940. The Kier molecular flexibility index (Phi) is 4.34. The van der Waals surface area contributed by atoms with Crippen molar-refractivity contribution in [3.63, 3.8) is 0 Å². The van der Waals surface area contributed by atoms with Crippen LogP contribution in [0.1, 0.15) is 19.4 Å². The van der Waals surface area contributed by atoms with Gasteiger partial charge in [0.05, 0.1) is 5.56 Å². The molecule has 134 valence electrons. The van der Waals surface area contributed by atoms with Crippen molar-refractivity contribution in [2.45, 2.75) is 20.3 Å². The summed E-state index contributed by atoms with van der Waals surface area (Å²) in [5, 5.41) is 40.0. The highest BCUT2D eigenvalue weighted by Gasteiger charge is 2.18. The Morgan fingerprint density at radius 3 is 2.42 bits per heavy atom. The number of phenols is 4. The minimum absolute atomic E-state index is 0.00377. The van der Waals surface area contributed by atoms with Gasteiger partial charge in [0, 0.05) is 23.8 Å². The summed E-state index contributed by atoms with van der Waals surface area (Å²) in [6.45, 7) is 3.78. The van der Waals surface area contributed by atoms with E-state index in [1.807, 2.05) is 19.9 Å². The van der Waals surface area contributed by atoms with Gasteiger partial charge in [-0.25, -0.2) is 0 Å². The zero-order valence-electron chi connectivity index (χ0n) is 14.3. The summed E-state index contributed by atoms with van der Waals surface area (Å²) in [4.78, 5) is 12.5. The quantitative estimate of drug-likeness (QED) is 0.533. The van der Waals surface area contributed by atoms with Crippen LogP contribution in [0.25, 0.3) is 22.3 Å².